The Hall–Kier alpha value is -1.73. The van der Waals surface area contributed by atoms with E-state index in [1.807, 2.05) is 25.2 Å². The van der Waals surface area contributed by atoms with Crippen LogP contribution in [0.3, 0.4) is 0 Å². The maximum atomic E-state index is 8.42. The zero-order chi connectivity index (χ0) is 12.8. The Kier molecular flexibility index (Phi) is 4.43. The highest BCUT2D eigenvalue weighted by molar-refractivity contribution is 5.44. The summed E-state index contributed by atoms with van der Waals surface area (Å²) in [6, 6.07) is 8.38. The first kappa shape index (κ1) is 12.7. The van der Waals surface area contributed by atoms with E-state index >= 15 is 0 Å². The van der Waals surface area contributed by atoms with Crippen molar-refractivity contribution in [3.05, 3.63) is 23.8 Å². The highest BCUT2D eigenvalue weighted by Crippen LogP contribution is 2.34. The summed E-state index contributed by atoms with van der Waals surface area (Å²) in [5.74, 6) is 1.74. The van der Waals surface area contributed by atoms with Gasteiger partial charge in [-0.1, -0.05) is 0 Å². The van der Waals surface area contributed by atoms with Crippen LogP contribution in [-0.4, -0.2) is 20.3 Å². The van der Waals surface area contributed by atoms with Gasteiger partial charge >= 0.3 is 0 Å². The summed E-state index contributed by atoms with van der Waals surface area (Å²) < 4.78 is 11.2. The second-order valence-electron chi connectivity index (χ2n) is 4.32. The topological polar surface area (TPSA) is 54.3 Å². The Bertz CT molecular complexity index is 440. The number of likely N-dealkylation sites (N-methyl/N-ethyl adjacent to an activating group) is 1. The van der Waals surface area contributed by atoms with Crippen LogP contribution in [0.5, 0.6) is 11.5 Å². The minimum Gasteiger partial charge on any atom is -0.493 e. The summed E-state index contributed by atoms with van der Waals surface area (Å²) in [5, 5.41) is 11.6. The Morgan fingerprint density at radius 3 is 3.17 bits per heavy atom. The predicted octanol–water partition coefficient (Wildman–Crippen LogP) is 2.41. The van der Waals surface area contributed by atoms with Crippen molar-refractivity contribution in [3.8, 4) is 17.6 Å². The largest absolute Gasteiger partial charge is 0.493 e. The van der Waals surface area contributed by atoms with E-state index in [2.05, 4.69) is 11.4 Å². The molecule has 0 saturated heterocycles. The van der Waals surface area contributed by atoms with Gasteiger partial charge in [0.2, 0.25) is 0 Å². The van der Waals surface area contributed by atoms with Crippen LogP contribution in [0.25, 0.3) is 0 Å². The first-order valence-corrected chi connectivity index (χ1v) is 6.29. The monoisotopic (exact) mass is 246 g/mol. The summed E-state index contributed by atoms with van der Waals surface area (Å²) >= 11 is 0. The number of nitrogens with zero attached hydrogens (tertiary/aromatic N) is 1. The second kappa shape index (κ2) is 6.27. The Labute approximate surface area is 108 Å². The van der Waals surface area contributed by atoms with Crippen LogP contribution in [0, 0.1) is 11.3 Å². The van der Waals surface area contributed by atoms with E-state index < -0.39 is 0 Å². The quantitative estimate of drug-likeness (QED) is 0.783. The lowest BCUT2D eigenvalue weighted by molar-refractivity contribution is 0.300. The molecule has 0 amide bonds. The normalized spacial score (nSPS) is 16.8. The van der Waals surface area contributed by atoms with E-state index in [4.69, 9.17) is 14.7 Å². The lowest BCUT2D eigenvalue weighted by atomic mass is 10.1. The molecule has 1 heterocycles. The highest BCUT2D eigenvalue weighted by atomic mass is 16.5. The molecule has 0 spiro atoms. The summed E-state index contributed by atoms with van der Waals surface area (Å²) in [4.78, 5) is 0. The molecule has 0 saturated carbocycles. The number of hydrogen-bond acceptors (Lipinski definition) is 4. The van der Waals surface area contributed by atoms with E-state index in [1.54, 1.807) is 0 Å². The number of nitriles is 1. The maximum absolute atomic E-state index is 8.42. The molecule has 0 fully saturated rings. The molecule has 1 aliphatic rings. The van der Waals surface area contributed by atoms with Crippen LogP contribution in [0.15, 0.2) is 18.2 Å². The number of unbranched alkanes of at least 4 members (excludes halogenated alkanes) is 2. The van der Waals surface area contributed by atoms with Crippen molar-refractivity contribution in [1.82, 2.24) is 5.32 Å². The van der Waals surface area contributed by atoms with Crippen LogP contribution in [0.4, 0.5) is 0 Å². The number of hydrogen-bond donors (Lipinski definition) is 1. The molecule has 2 rings (SSSR count). The predicted molar refractivity (Wildman–Crippen MR) is 68.7 cm³/mol. The van der Waals surface area contributed by atoms with Gasteiger partial charge in [-0.15, -0.1) is 0 Å². The highest BCUT2D eigenvalue weighted by Gasteiger charge is 2.22. The van der Waals surface area contributed by atoms with Gasteiger partial charge in [0.15, 0.2) is 0 Å². The molecule has 1 unspecified atom stereocenters. The molecule has 18 heavy (non-hydrogen) atoms. The molecule has 1 aliphatic heterocycles. The first-order valence-electron chi connectivity index (χ1n) is 6.29. The van der Waals surface area contributed by atoms with Crippen molar-refractivity contribution < 1.29 is 9.47 Å². The molecule has 0 bridgehead atoms. The van der Waals surface area contributed by atoms with Crippen molar-refractivity contribution in [3.63, 3.8) is 0 Å². The lowest BCUT2D eigenvalue weighted by Crippen LogP contribution is -2.17. The molecule has 0 aliphatic carbocycles. The fourth-order valence-corrected chi connectivity index (χ4v) is 2.02. The van der Waals surface area contributed by atoms with Gasteiger partial charge in [0.05, 0.1) is 18.7 Å². The van der Waals surface area contributed by atoms with Crippen molar-refractivity contribution in [2.45, 2.75) is 25.3 Å². The van der Waals surface area contributed by atoms with Crippen LogP contribution in [0.1, 0.15) is 30.9 Å². The minimum atomic E-state index is 0.282. The van der Waals surface area contributed by atoms with Gasteiger partial charge in [-0.3, -0.25) is 0 Å². The molecule has 1 aromatic carbocycles. The number of rotatable bonds is 6. The van der Waals surface area contributed by atoms with Crippen LogP contribution >= 0.6 is 0 Å². The van der Waals surface area contributed by atoms with Crippen molar-refractivity contribution in [1.29, 1.82) is 5.26 Å². The standard InChI is InChI=1S/C14H18N2O2/c1-16-13-10-18-14-9-11(5-6-12(13)14)17-8-4-2-3-7-15/h5-6,9,13,16H,2-4,8,10H2,1H3. The zero-order valence-corrected chi connectivity index (χ0v) is 10.6. The second-order valence-corrected chi connectivity index (χ2v) is 4.32. The van der Waals surface area contributed by atoms with Gasteiger partial charge in [0.1, 0.15) is 18.1 Å². The lowest BCUT2D eigenvalue weighted by Gasteiger charge is -2.08. The molecule has 1 atom stereocenters. The minimum absolute atomic E-state index is 0.282. The molecule has 0 radical (unpaired) electrons. The fourth-order valence-electron chi connectivity index (χ4n) is 2.02. The third-order valence-corrected chi connectivity index (χ3v) is 3.07. The molecule has 96 valence electrons. The number of nitrogens with one attached hydrogen (secondary N) is 1. The van der Waals surface area contributed by atoms with Gasteiger partial charge in [-0.25, -0.2) is 0 Å². The molecule has 0 aromatic heterocycles. The average Bonchev–Trinajstić information content (AvgIpc) is 2.80. The van der Waals surface area contributed by atoms with Crippen LogP contribution in [0.2, 0.25) is 0 Å². The molecule has 1 aromatic rings. The Balaban J connectivity index is 1.87. The van der Waals surface area contributed by atoms with Crippen molar-refractivity contribution in [2.24, 2.45) is 0 Å². The summed E-state index contributed by atoms with van der Waals surface area (Å²) in [7, 11) is 1.93. The van der Waals surface area contributed by atoms with Crippen LogP contribution in [-0.2, 0) is 0 Å². The van der Waals surface area contributed by atoms with E-state index in [-0.39, 0.29) is 6.04 Å². The molecule has 1 N–H and O–H groups in total. The maximum Gasteiger partial charge on any atom is 0.127 e. The summed E-state index contributed by atoms with van der Waals surface area (Å²) in [5.41, 5.74) is 1.19. The first-order chi connectivity index (χ1) is 8.85. The number of ether oxygens (including phenoxy) is 2. The van der Waals surface area contributed by atoms with Crippen LogP contribution < -0.4 is 14.8 Å². The van der Waals surface area contributed by atoms with Gasteiger partial charge in [0, 0.05) is 18.1 Å². The Morgan fingerprint density at radius 2 is 2.39 bits per heavy atom. The van der Waals surface area contributed by atoms with E-state index in [0.717, 1.165) is 24.3 Å². The molecular weight excluding hydrogens is 228 g/mol. The number of fused-ring (bicyclic) bond motifs is 1. The van der Waals surface area contributed by atoms with Crippen molar-refractivity contribution in [2.75, 3.05) is 20.3 Å². The summed E-state index contributed by atoms with van der Waals surface area (Å²) in [6.07, 6.45) is 2.39. The average molecular weight is 246 g/mol. The third-order valence-electron chi connectivity index (χ3n) is 3.07. The Morgan fingerprint density at radius 1 is 1.50 bits per heavy atom. The smallest absolute Gasteiger partial charge is 0.127 e. The molecular formula is C14H18N2O2. The van der Waals surface area contributed by atoms with Gasteiger partial charge < -0.3 is 14.8 Å². The van der Waals surface area contributed by atoms with Crippen molar-refractivity contribution >= 4 is 0 Å². The SMILES string of the molecule is CNC1COc2cc(OCCCCC#N)ccc21. The number of benzene rings is 1. The molecule has 4 nitrogen and oxygen atoms in total. The fraction of sp³-hybridized carbons (Fsp3) is 0.500. The zero-order valence-electron chi connectivity index (χ0n) is 10.6. The van der Waals surface area contributed by atoms with Gasteiger partial charge in [0.25, 0.3) is 0 Å². The van der Waals surface area contributed by atoms with Gasteiger partial charge in [-0.2, -0.15) is 5.26 Å². The van der Waals surface area contributed by atoms with E-state index in [0.29, 0.717) is 19.6 Å². The van der Waals surface area contributed by atoms with Gasteiger partial charge in [-0.05, 0) is 32.0 Å². The van der Waals surface area contributed by atoms with E-state index in [9.17, 15) is 0 Å². The summed E-state index contributed by atoms with van der Waals surface area (Å²) in [6.45, 7) is 1.33. The van der Waals surface area contributed by atoms with E-state index in [1.165, 1.54) is 5.56 Å². The molecule has 4 heteroatoms. The third kappa shape index (κ3) is 2.93.